The van der Waals surface area contributed by atoms with E-state index in [1.54, 1.807) is 0 Å². The summed E-state index contributed by atoms with van der Waals surface area (Å²) in [6.45, 7) is 12.7. The number of amides is 1. The summed E-state index contributed by atoms with van der Waals surface area (Å²) in [5.41, 5.74) is 3.70. The van der Waals surface area contributed by atoms with Crippen molar-refractivity contribution < 1.29 is 4.79 Å². The lowest BCUT2D eigenvalue weighted by molar-refractivity contribution is -0.128. The van der Waals surface area contributed by atoms with Crippen LogP contribution in [0, 0.1) is 13.8 Å². The lowest BCUT2D eigenvalue weighted by Crippen LogP contribution is -2.38. The second kappa shape index (κ2) is 7.05. The maximum Gasteiger partial charge on any atom is 0.238 e. The van der Waals surface area contributed by atoms with Crippen molar-refractivity contribution in [2.75, 3.05) is 32.7 Å². The van der Waals surface area contributed by atoms with E-state index in [1.807, 2.05) is 4.90 Å². The lowest BCUT2D eigenvalue weighted by Gasteiger charge is -2.28. The van der Waals surface area contributed by atoms with E-state index < -0.39 is 0 Å². The SMILES string of the molecule is CCN(CC)CCN1C(=O)CNC1c1cc(C)ccc1C. The molecule has 1 aliphatic heterocycles. The average Bonchev–Trinajstić information content (AvgIpc) is 2.84. The van der Waals surface area contributed by atoms with Crippen LogP contribution in [0.4, 0.5) is 0 Å². The maximum atomic E-state index is 12.2. The molecule has 1 saturated heterocycles. The molecule has 0 spiro atoms. The van der Waals surface area contributed by atoms with E-state index in [9.17, 15) is 4.79 Å². The molecule has 1 atom stereocenters. The van der Waals surface area contributed by atoms with Crippen LogP contribution < -0.4 is 5.32 Å². The van der Waals surface area contributed by atoms with E-state index in [1.165, 1.54) is 16.7 Å². The van der Waals surface area contributed by atoms with Gasteiger partial charge in [-0.05, 0) is 38.1 Å². The molecule has 1 amide bonds. The van der Waals surface area contributed by atoms with Crippen LogP contribution in [0.5, 0.6) is 0 Å². The summed E-state index contributed by atoms with van der Waals surface area (Å²) in [4.78, 5) is 16.5. The number of hydrogen-bond acceptors (Lipinski definition) is 3. The predicted octanol–water partition coefficient (Wildman–Crippen LogP) is 2.08. The lowest BCUT2D eigenvalue weighted by atomic mass is 10.0. The zero-order valence-corrected chi connectivity index (χ0v) is 13.6. The van der Waals surface area contributed by atoms with Gasteiger partial charge in [0.15, 0.2) is 0 Å². The number of nitrogens with one attached hydrogen (secondary N) is 1. The summed E-state index contributed by atoms with van der Waals surface area (Å²) < 4.78 is 0. The predicted molar refractivity (Wildman–Crippen MR) is 86.2 cm³/mol. The molecule has 0 aliphatic carbocycles. The molecule has 116 valence electrons. The fraction of sp³-hybridized carbons (Fsp3) is 0.588. The van der Waals surface area contributed by atoms with Crippen molar-refractivity contribution in [1.29, 1.82) is 0 Å². The van der Waals surface area contributed by atoms with Crippen LogP contribution in [-0.2, 0) is 4.79 Å². The number of nitrogens with zero attached hydrogens (tertiary/aromatic N) is 2. The molecule has 0 saturated carbocycles. The summed E-state index contributed by atoms with van der Waals surface area (Å²) in [6.07, 6.45) is 0.0213. The van der Waals surface area contributed by atoms with E-state index in [2.05, 4.69) is 56.1 Å². The van der Waals surface area contributed by atoms with Gasteiger partial charge in [-0.2, -0.15) is 0 Å². The third-order valence-electron chi connectivity index (χ3n) is 4.36. The van der Waals surface area contributed by atoms with E-state index in [4.69, 9.17) is 0 Å². The Morgan fingerprint density at radius 1 is 1.29 bits per heavy atom. The Hall–Kier alpha value is -1.39. The Bertz CT molecular complexity index is 497. The summed E-state index contributed by atoms with van der Waals surface area (Å²) in [6, 6.07) is 6.45. The van der Waals surface area contributed by atoms with Crippen molar-refractivity contribution >= 4 is 5.91 Å². The van der Waals surface area contributed by atoms with Crippen molar-refractivity contribution in [3.63, 3.8) is 0 Å². The summed E-state index contributed by atoms with van der Waals surface area (Å²) >= 11 is 0. The van der Waals surface area contributed by atoms with Crippen LogP contribution in [0.3, 0.4) is 0 Å². The molecule has 1 aromatic rings. The molecule has 1 heterocycles. The van der Waals surface area contributed by atoms with Gasteiger partial charge in [0, 0.05) is 13.1 Å². The summed E-state index contributed by atoms with van der Waals surface area (Å²) in [5, 5.41) is 3.36. The molecule has 0 radical (unpaired) electrons. The largest absolute Gasteiger partial charge is 0.321 e. The monoisotopic (exact) mass is 289 g/mol. The van der Waals surface area contributed by atoms with E-state index in [0.717, 1.165) is 26.2 Å². The van der Waals surface area contributed by atoms with Crippen LogP contribution in [-0.4, -0.2) is 48.4 Å². The minimum Gasteiger partial charge on any atom is -0.321 e. The number of likely N-dealkylation sites (N-methyl/N-ethyl adjacent to an activating group) is 1. The van der Waals surface area contributed by atoms with Gasteiger partial charge >= 0.3 is 0 Å². The van der Waals surface area contributed by atoms with Gasteiger partial charge in [0.25, 0.3) is 0 Å². The second-order valence-corrected chi connectivity index (χ2v) is 5.76. The van der Waals surface area contributed by atoms with Crippen LogP contribution in [0.25, 0.3) is 0 Å². The molecule has 0 aromatic heterocycles. The number of benzene rings is 1. The third kappa shape index (κ3) is 3.63. The molecular formula is C17H27N3O. The summed E-state index contributed by atoms with van der Waals surface area (Å²) in [5.74, 6) is 0.202. The number of carbonyl (C=O) groups is 1. The molecule has 2 rings (SSSR count). The standard InChI is InChI=1S/C17H27N3O/c1-5-19(6-2)9-10-20-16(21)12-18-17(20)15-11-13(3)7-8-14(15)4/h7-8,11,17-18H,5-6,9-10,12H2,1-4H3. The van der Waals surface area contributed by atoms with Gasteiger partial charge in [-0.15, -0.1) is 0 Å². The highest BCUT2D eigenvalue weighted by molar-refractivity contribution is 5.81. The van der Waals surface area contributed by atoms with Gasteiger partial charge in [0.2, 0.25) is 5.91 Å². The van der Waals surface area contributed by atoms with Crippen molar-refractivity contribution in [3.05, 3.63) is 34.9 Å². The molecule has 1 aliphatic rings. The molecule has 4 heteroatoms. The third-order valence-corrected chi connectivity index (χ3v) is 4.36. The Labute approximate surface area is 128 Å². The molecule has 0 bridgehead atoms. The Morgan fingerprint density at radius 2 is 2.00 bits per heavy atom. The van der Waals surface area contributed by atoms with Crippen LogP contribution in [0.15, 0.2) is 18.2 Å². The highest BCUT2D eigenvalue weighted by Gasteiger charge is 2.32. The van der Waals surface area contributed by atoms with E-state index in [0.29, 0.717) is 6.54 Å². The Morgan fingerprint density at radius 3 is 2.67 bits per heavy atom. The van der Waals surface area contributed by atoms with E-state index >= 15 is 0 Å². The smallest absolute Gasteiger partial charge is 0.238 e. The molecule has 21 heavy (non-hydrogen) atoms. The maximum absolute atomic E-state index is 12.2. The second-order valence-electron chi connectivity index (χ2n) is 5.76. The fourth-order valence-electron chi connectivity index (χ4n) is 2.91. The van der Waals surface area contributed by atoms with E-state index in [-0.39, 0.29) is 12.1 Å². The minimum absolute atomic E-state index is 0.0213. The van der Waals surface area contributed by atoms with Gasteiger partial charge in [-0.1, -0.05) is 37.6 Å². The van der Waals surface area contributed by atoms with Crippen molar-refractivity contribution in [3.8, 4) is 0 Å². The molecule has 1 aromatic carbocycles. The zero-order valence-electron chi connectivity index (χ0n) is 13.6. The highest BCUT2D eigenvalue weighted by atomic mass is 16.2. The topological polar surface area (TPSA) is 35.6 Å². The first-order valence-electron chi connectivity index (χ1n) is 7.89. The number of rotatable bonds is 6. The van der Waals surface area contributed by atoms with Crippen molar-refractivity contribution in [2.45, 2.75) is 33.9 Å². The summed E-state index contributed by atoms with van der Waals surface area (Å²) in [7, 11) is 0. The first-order chi connectivity index (χ1) is 10.1. The highest BCUT2D eigenvalue weighted by Crippen LogP contribution is 2.26. The first kappa shape index (κ1) is 16.0. The van der Waals surface area contributed by atoms with Gasteiger partial charge in [-0.3, -0.25) is 10.1 Å². The minimum atomic E-state index is 0.0213. The normalized spacial score (nSPS) is 18.8. The molecule has 1 unspecified atom stereocenters. The Balaban J connectivity index is 2.14. The van der Waals surface area contributed by atoms with Crippen LogP contribution in [0.2, 0.25) is 0 Å². The van der Waals surface area contributed by atoms with Gasteiger partial charge in [0.05, 0.1) is 6.54 Å². The van der Waals surface area contributed by atoms with Crippen molar-refractivity contribution in [2.24, 2.45) is 0 Å². The van der Waals surface area contributed by atoms with Crippen LogP contribution in [0.1, 0.15) is 36.7 Å². The number of carbonyl (C=O) groups excluding carboxylic acids is 1. The van der Waals surface area contributed by atoms with Gasteiger partial charge < -0.3 is 9.80 Å². The van der Waals surface area contributed by atoms with Gasteiger partial charge in [-0.25, -0.2) is 0 Å². The zero-order chi connectivity index (χ0) is 15.4. The average molecular weight is 289 g/mol. The quantitative estimate of drug-likeness (QED) is 0.871. The number of hydrogen-bond donors (Lipinski definition) is 1. The Kier molecular flexibility index (Phi) is 5.37. The van der Waals surface area contributed by atoms with Crippen LogP contribution >= 0.6 is 0 Å². The molecular weight excluding hydrogens is 262 g/mol. The molecule has 1 fully saturated rings. The fourth-order valence-corrected chi connectivity index (χ4v) is 2.91. The van der Waals surface area contributed by atoms with Gasteiger partial charge in [0.1, 0.15) is 6.17 Å². The first-order valence-corrected chi connectivity index (χ1v) is 7.89. The van der Waals surface area contributed by atoms with Crippen molar-refractivity contribution in [1.82, 2.24) is 15.1 Å². The number of aryl methyl sites for hydroxylation is 2. The molecule has 1 N–H and O–H groups in total. The molecule has 4 nitrogen and oxygen atoms in total.